The number of halogens is 4. The summed E-state index contributed by atoms with van der Waals surface area (Å²) in [5.74, 6) is 0. The summed E-state index contributed by atoms with van der Waals surface area (Å²) in [5, 5.41) is 3.86. The monoisotopic (exact) mass is 272 g/mol. The van der Waals surface area contributed by atoms with E-state index >= 15 is 0 Å². The van der Waals surface area contributed by atoms with Crippen LogP contribution in [0.15, 0.2) is 16.9 Å². The van der Waals surface area contributed by atoms with Gasteiger partial charge in [0.25, 0.3) is 0 Å². The molecule has 0 atom stereocenters. The van der Waals surface area contributed by atoms with Gasteiger partial charge in [0.2, 0.25) is 0 Å². The molecule has 1 heterocycles. The number of hydrogen-bond acceptors (Lipinski definition) is 2. The Kier molecular flexibility index (Phi) is 3.94. The summed E-state index contributed by atoms with van der Waals surface area (Å²) in [6, 6.07) is 0. The van der Waals surface area contributed by atoms with Gasteiger partial charge >= 0.3 is 6.18 Å². The molecule has 0 fully saturated rings. The predicted octanol–water partition coefficient (Wildman–Crippen LogP) is 2.22. The summed E-state index contributed by atoms with van der Waals surface area (Å²) in [7, 11) is 0. The molecule has 7 heteroatoms. The minimum Gasteiger partial charge on any atom is -0.370 e. The molecular weight excluding hydrogens is 265 g/mol. The van der Waals surface area contributed by atoms with Crippen LogP contribution in [0.25, 0.3) is 0 Å². The van der Waals surface area contributed by atoms with E-state index in [1.54, 1.807) is 12.4 Å². The normalized spacial score (nSPS) is 12.0. The molecule has 1 aromatic heterocycles. The van der Waals surface area contributed by atoms with E-state index in [4.69, 9.17) is 0 Å². The van der Waals surface area contributed by atoms with Gasteiger partial charge in [0.1, 0.15) is 6.61 Å². The average Bonchev–Trinajstić information content (AvgIpc) is 2.44. The lowest BCUT2D eigenvalue weighted by Gasteiger charge is -2.07. The van der Waals surface area contributed by atoms with E-state index in [2.05, 4.69) is 25.8 Å². The van der Waals surface area contributed by atoms with Gasteiger partial charge in [-0.2, -0.15) is 18.3 Å². The van der Waals surface area contributed by atoms with Gasteiger partial charge in [0.15, 0.2) is 0 Å². The quantitative estimate of drug-likeness (QED) is 0.786. The highest BCUT2D eigenvalue weighted by atomic mass is 79.9. The molecule has 0 spiro atoms. The second kappa shape index (κ2) is 4.79. The first-order valence-corrected chi connectivity index (χ1v) is 4.59. The van der Waals surface area contributed by atoms with Crippen molar-refractivity contribution in [3.05, 3.63) is 16.9 Å². The Bertz CT molecular complexity index is 287. The van der Waals surface area contributed by atoms with Crippen molar-refractivity contribution in [2.45, 2.75) is 12.7 Å². The lowest BCUT2D eigenvalue weighted by molar-refractivity contribution is -0.174. The maximum absolute atomic E-state index is 11.6. The summed E-state index contributed by atoms with van der Waals surface area (Å²) < 4.78 is 41.6. The molecule has 0 N–H and O–H groups in total. The zero-order chi connectivity index (χ0) is 10.6. The first-order valence-electron chi connectivity index (χ1n) is 3.80. The molecule has 0 aliphatic heterocycles. The largest absolute Gasteiger partial charge is 0.411 e. The highest BCUT2D eigenvalue weighted by Gasteiger charge is 2.27. The molecular formula is C7H8BrF3N2O. The Morgan fingerprint density at radius 3 is 2.71 bits per heavy atom. The van der Waals surface area contributed by atoms with Gasteiger partial charge < -0.3 is 4.74 Å². The maximum atomic E-state index is 11.6. The van der Waals surface area contributed by atoms with Crippen molar-refractivity contribution < 1.29 is 17.9 Å². The minimum absolute atomic E-state index is 0.00632. The highest BCUT2D eigenvalue weighted by Crippen LogP contribution is 2.14. The topological polar surface area (TPSA) is 27.1 Å². The van der Waals surface area contributed by atoms with Crippen LogP contribution in [-0.2, 0) is 11.3 Å². The van der Waals surface area contributed by atoms with Crippen molar-refractivity contribution in [2.75, 3.05) is 13.2 Å². The lowest BCUT2D eigenvalue weighted by atomic mass is 10.6. The number of rotatable bonds is 4. The van der Waals surface area contributed by atoms with Crippen LogP contribution in [-0.4, -0.2) is 29.2 Å². The second-order valence-electron chi connectivity index (χ2n) is 2.59. The van der Waals surface area contributed by atoms with Crippen molar-refractivity contribution in [3.63, 3.8) is 0 Å². The SMILES string of the molecule is FC(F)(F)COCCn1cc(Br)cn1. The summed E-state index contributed by atoms with van der Waals surface area (Å²) >= 11 is 3.17. The molecule has 0 saturated heterocycles. The standard InChI is InChI=1S/C7H8BrF3N2O/c8-6-3-12-13(4-6)1-2-14-5-7(9,10)11/h3-4H,1-2,5H2. The van der Waals surface area contributed by atoms with E-state index in [0.29, 0.717) is 6.54 Å². The average molecular weight is 273 g/mol. The first kappa shape index (κ1) is 11.5. The first-order chi connectivity index (χ1) is 6.47. The Balaban J connectivity index is 2.16. The van der Waals surface area contributed by atoms with Crippen molar-refractivity contribution in [1.82, 2.24) is 9.78 Å². The van der Waals surface area contributed by atoms with Crippen molar-refractivity contribution in [1.29, 1.82) is 0 Å². The Hall–Kier alpha value is -0.560. The third-order valence-electron chi connectivity index (χ3n) is 1.33. The Morgan fingerprint density at radius 2 is 2.21 bits per heavy atom. The van der Waals surface area contributed by atoms with E-state index in [9.17, 15) is 13.2 Å². The van der Waals surface area contributed by atoms with Crippen LogP contribution < -0.4 is 0 Å². The molecule has 0 aromatic carbocycles. The van der Waals surface area contributed by atoms with Gasteiger partial charge in [0.05, 0.1) is 23.8 Å². The Morgan fingerprint density at radius 1 is 1.50 bits per heavy atom. The summed E-state index contributed by atoms with van der Waals surface area (Å²) in [6.45, 7) is -0.912. The highest BCUT2D eigenvalue weighted by molar-refractivity contribution is 9.10. The fraction of sp³-hybridized carbons (Fsp3) is 0.571. The molecule has 0 aliphatic carbocycles. The third kappa shape index (κ3) is 4.61. The number of nitrogens with zero attached hydrogens (tertiary/aromatic N) is 2. The summed E-state index contributed by atoms with van der Waals surface area (Å²) in [6.07, 6.45) is -1.04. The van der Waals surface area contributed by atoms with E-state index in [1.165, 1.54) is 4.68 Å². The van der Waals surface area contributed by atoms with Crippen molar-refractivity contribution in [2.24, 2.45) is 0 Å². The van der Waals surface area contributed by atoms with E-state index in [-0.39, 0.29) is 6.61 Å². The van der Waals surface area contributed by atoms with Gasteiger partial charge in [-0.1, -0.05) is 0 Å². The summed E-state index contributed by atoms with van der Waals surface area (Å²) in [4.78, 5) is 0. The molecule has 0 saturated carbocycles. The second-order valence-corrected chi connectivity index (χ2v) is 3.51. The van der Waals surface area contributed by atoms with Gasteiger partial charge in [-0.25, -0.2) is 0 Å². The van der Waals surface area contributed by atoms with Crippen molar-refractivity contribution >= 4 is 15.9 Å². The Labute approximate surface area is 87.0 Å². The zero-order valence-electron chi connectivity index (χ0n) is 7.09. The fourth-order valence-corrected chi connectivity index (χ4v) is 1.13. The van der Waals surface area contributed by atoms with Gasteiger partial charge in [-0.15, -0.1) is 0 Å². The molecule has 0 amide bonds. The molecule has 14 heavy (non-hydrogen) atoms. The lowest BCUT2D eigenvalue weighted by Crippen LogP contribution is -2.19. The molecule has 80 valence electrons. The minimum atomic E-state index is -4.26. The zero-order valence-corrected chi connectivity index (χ0v) is 8.68. The van der Waals surface area contributed by atoms with E-state index in [0.717, 1.165) is 4.47 Å². The number of aromatic nitrogens is 2. The summed E-state index contributed by atoms with van der Waals surface area (Å²) in [5.41, 5.74) is 0. The molecule has 3 nitrogen and oxygen atoms in total. The van der Waals surface area contributed by atoms with Gasteiger partial charge in [0, 0.05) is 6.20 Å². The smallest absolute Gasteiger partial charge is 0.370 e. The van der Waals surface area contributed by atoms with Crippen LogP contribution >= 0.6 is 15.9 Å². The van der Waals surface area contributed by atoms with Crippen LogP contribution in [0, 0.1) is 0 Å². The van der Waals surface area contributed by atoms with Crippen molar-refractivity contribution in [3.8, 4) is 0 Å². The molecule has 0 radical (unpaired) electrons. The maximum Gasteiger partial charge on any atom is 0.411 e. The predicted molar refractivity (Wildman–Crippen MR) is 46.8 cm³/mol. The molecule has 0 unspecified atom stereocenters. The van der Waals surface area contributed by atoms with E-state index < -0.39 is 12.8 Å². The number of alkyl halides is 3. The molecule has 1 rings (SSSR count). The van der Waals surface area contributed by atoms with Crippen LogP contribution in [0.2, 0.25) is 0 Å². The third-order valence-corrected chi connectivity index (χ3v) is 1.74. The van der Waals surface area contributed by atoms with Crippen LogP contribution in [0.4, 0.5) is 13.2 Å². The molecule has 0 aliphatic rings. The van der Waals surface area contributed by atoms with Gasteiger partial charge in [-0.3, -0.25) is 4.68 Å². The number of hydrogen-bond donors (Lipinski definition) is 0. The van der Waals surface area contributed by atoms with Gasteiger partial charge in [-0.05, 0) is 15.9 Å². The fourth-order valence-electron chi connectivity index (χ4n) is 0.807. The number of ether oxygens (including phenoxy) is 1. The molecule has 0 bridgehead atoms. The van der Waals surface area contributed by atoms with Crippen LogP contribution in [0.1, 0.15) is 0 Å². The van der Waals surface area contributed by atoms with Crippen LogP contribution in [0.3, 0.4) is 0 Å². The molecule has 1 aromatic rings. The van der Waals surface area contributed by atoms with E-state index in [1.807, 2.05) is 0 Å². The van der Waals surface area contributed by atoms with Crippen LogP contribution in [0.5, 0.6) is 0 Å².